The fourth-order valence-corrected chi connectivity index (χ4v) is 8.45. The van der Waals surface area contributed by atoms with Gasteiger partial charge in [-0.3, -0.25) is 4.90 Å². The van der Waals surface area contributed by atoms with Gasteiger partial charge in [-0.25, -0.2) is 4.79 Å². The summed E-state index contributed by atoms with van der Waals surface area (Å²) in [6, 6.07) is 42.0. The first-order valence-electron chi connectivity index (χ1n) is 20.5. The number of nitrogens with one attached hydrogen (secondary N) is 2. The second-order valence-electron chi connectivity index (χ2n) is 15.7. The Bertz CT molecular complexity index is 2040. The number of hydrogen-bond acceptors (Lipinski definition) is 7. The van der Waals surface area contributed by atoms with E-state index in [1.165, 1.54) is 38.8 Å². The number of aliphatic hydroxyl groups is 1. The smallest absolute Gasteiger partial charge is 0.319 e. The molecule has 0 radical (unpaired) electrons. The number of anilines is 1. The SMILES string of the molecule is CC1C(CN2CCCC2CN2CCCC2)OC(c2ccc(-c3cccc(CNC(=O)Nc4ccc(Oc5ccccc5)cc4)c3)cc2)OC1c1ccc(CO)cc1. The van der Waals surface area contributed by atoms with E-state index in [2.05, 4.69) is 75.9 Å². The van der Waals surface area contributed by atoms with Gasteiger partial charge in [0.2, 0.25) is 0 Å². The van der Waals surface area contributed by atoms with E-state index in [-0.39, 0.29) is 30.8 Å². The minimum absolute atomic E-state index is 0.000442. The average Bonchev–Trinajstić information content (AvgIpc) is 3.94. The van der Waals surface area contributed by atoms with Crippen molar-refractivity contribution in [3.05, 3.63) is 150 Å². The Morgan fingerprint density at radius 1 is 0.737 bits per heavy atom. The number of hydrogen-bond donors (Lipinski definition) is 3. The summed E-state index contributed by atoms with van der Waals surface area (Å²) in [5.74, 6) is 1.60. The summed E-state index contributed by atoms with van der Waals surface area (Å²) in [7, 11) is 0. The molecule has 5 aromatic rings. The lowest BCUT2D eigenvalue weighted by Crippen LogP contribution is -2.48. The lowest BCUT2D eigenvalue weighted by atomic mass is 9.89. The van der Waals surface area contributed by atoms with Gasteiger partial charge in [-0.05, 0) is 116 Å². The van der Waals surface area contributed by atoms with Crippen molar-refractivity contribution in [2.24, 2.45) is 5.92 Å². The second kappa shape index (κ2) is 18.5. The van der Waals surface area contributed by atoms with E-state index in [1.807, 2.05) is 78.9 Å². The van der Waals surface area contributed by atoms with Crippen molar-refractivity contribution in [1.82, 2.24) is 15.1 Å². The van der Waals surface area contributed by atoms with Gasteiger partial charge < -0.3 is 34.9 Å². The van der Waals surface area contributed by atoms with E-state index in [9.17, 15) is 9.90 Å². The Balaban J connectivity index is 0.909. The maximum Gasteiger partial charge on any atom is 0.319 e. The number of ether oxygens (including phenoxy) is 3. The third-order valence-corrected chi connectivity index (χ3v) is 11.7. The van der Waals surface area contributed by atoms with Crippen LogP contribution >= 0.6 is 0 Å². The monoisotopic (exact) mass is 766 g/mol. The van der Waals surface area contributed by atoms with Crippen molar-refractivity contribution >= 4 is 11.7 Å². The molecule has 0 aliphatic carbocycles. The molecule has 3 saturated heterocycles. The molecule has 3 heterocycles. The number of nitrogens with zero attached hydrogens (tertiary/aromatic N) is 2. The number of carbonyl (C=O) groups excluding carboxylic acids is 1. The normalized spacial score (nSPS) is 22.7. The van der Waals surface area contributed by atoms with Crippen LogP contribution in [0.4, 0.5) is 10.5 Å². The summed E-state index contributed by atoms with van der Waals surface area (Å²) in [5.41, 5.74) is 6.79. The van der Waals surface area contributed by atoms with E-state index >= 15 is 0 Å². The van der Waals surface area contributed by atoms with Crippen molar-refractivity contribution in [1.29, 1.82) is 0 Å². The summed E-state index contributed by atoms with van der Waals surface area (Å²) in [4.78, 5) is 18.1. The number of likely N-dealkylation sites (tertiary alicyclic amines) is 2. The lowest BCUT2D eigenvalue weighted by molar-refractivity contribution is -0.276. The van der Waals surface area contributed by atoms with Gasteiger partial charge in [-0.2, -0.15) is 0 Å². The molecule has 2 amide bonds. The maximum absolute atomic E-state index is 12.8. The molecule has 3 fully saturated rings. The highest BCUT2D eigenvalue weighted by molar-refractivity contribution is 5.89. The quantitative estimate of drug-likeness (QED) is 0.110. The highest BCUT2D eigenvalue weighted by Gasteiger charge is 2.41. The molecule has 3 aliphatic heterocycles. The Morgan fingerprint density at radius 2 is 1.47 bits per heavy atom. The lowest BCUT2D eigenvalue weighted by Gasteiger charge is -2.43. The van der Waals surface area contributed by atoms with E-state index in [4.69, 9.17) is 14.2 Å². The summed E-state index contributed by atoms with van der Waals surface area (Å²) in [6.07, 6.45) is 4.45. The zero-order valence-electron chi connectivity index (χ0n) is 32.8. The largest absolute Gasteiger partial charge is 0.457 e. The molecule has 5 unspecified atom stereocenters. The molecule has 296 valence electrons. The molecule has 8 rings (SSSR count). The number of para-hydroxylation sites is 1. The predicted octanol–water partition coefficient (Wildman–Crippen LogP) is 9.31. The van der Waals surface area contributed by atoms with E-state index < -0.39 is 6.29 Å². The van der Waals surface area contributed by atoms with Gasteiger partial charge in [-0.15, -0.1) is 0 Å². The molecule has 57 heavy (non-hydrogen) atoms. The summed E-state index contributed by atoms with van der Waals surface area (Å²) >= 11 is 0. The highest BCUT2D eigenvalue weighted by Crippen LogP contribution is 2.42. The third kappa shape index (κ3) is 9.93. The van der Waals surface area contributed by atoms with Gasteiger partial charge in [0.05, 0.1) is 18.8 Å². The molecule has 0 spiro atoms. The Morgan fingerprint density at radius 3 is 2.23 bits per heavy atom. The number of benzene rings is 5. The Kier molecular flexibility index (Phi) is 12.6. The molecule has 0 aromatic heterocycles. The molecule has 5 atom stereocenters. The van der Waals surface area contributed by atoms with Crippen LogP contribution in [0.25, 0.3) is 11.1 Å². The van der Waals surface area contributed by atoms with Crippen molar-refractivity contribution in [2.45, 2.75) is 70.3 Å². The Labute approximate surface area is 336 Å². The van der Waals surface area contributed by atoms with Gasteiger partial charge in [-0.1, -0.05) is 91.9 Å². The van der Waals surface area contributed by atoms with Gasteiger partial charge in [0, 0.05) is 42.8 Å². The molecule has 0 saturated carbocycles. The highest BCUT2D eigenvalue weighted by atomic mass is 16.7. The molecule has 0 bridgehead atoms. The van der Waals surface area contributed by atoms with E-state index in [0.29, 0.717) is 24.0 Å². The fraction of sp³-hybridized carbons (Fsp3) is 0.354. The zero-order valence-corrected chi connectivity index (χ0v) is 32.8. The van der Waals surface area contributed by atoms with Gasteiger partial charge in [0.25, 0.3) is 0 Å². The van der Waals surface area contributed by atoms with Crippen LogP contribution in [0, 0.1) is 5.92 Å². The summed E-state index contributed by atoms with van der Waals surface area (Å²) < 4.78 is 19.5. The van der Waals surface area contributed by atoms with Crippen molar-refractivity contribution in [2.75, 3.05) is 38.0 Å². The van der Waals surface area contributed by atoms with Crippen LogP contribution in [0.2, 0.25) is 0 Å². The summed E-state index contributed by atoms with van der Waals surface area (Å²) in [5, 5.41) is 15.6. The molecule has 3 aliphatic rings. The molecule has 5 aromatic carbocycles. The van der Waals surface area contributed by atoms with Crippen molar-refractivity contribution in [3.8, 4) is 22.6 Å². The van der Waals surface area contributed by atoms with Crippen molar-refractivity contribution < 1.29 is 24.1 Å². The molecule has 9 heteroatoms. The fourth-order valence-electron chi connectivity index (χ4n) is 8.45. The summed E-state index contributed by atoms with van der Waals surface area (Å²) in [6.45, 7) is 8.25. The van der Waals surface area contributed by atoms with Crippen LogP contribution in [0.3, 0.4) is 0 Å². The maximum atomic E-state index is 12.8. The molecule has 9 nitrogen and oxygen atoms in total. The molecular weight excluding hydrogens is 713 g/mol. The first kappa shape index (κ1) is 38.8. The van der Waals surface area contributed by atoms with Gasteiger partial charge in [0.15, 0.2) is 6.29 Å². The standard InChI is InChI=1S/C48H54N4O5/c1-34-45(32-52-28-8-11-42(52)31-51-26-5-6-27-51)56-47(57-46(34)38-16-14-35(33-53)15-17-38)39-20-18-37(19-21-39)40-10-7-9-36(29-40)30-49-48(54)50-41-22-24-44(25-23-41)55-43-12-3-2-4-13-43/h2-4,7,9-10,12-25,29,34,42,45-47,53H,5-6,8,11,26-28,30-33H2,1H3,(H2,49,50,54). The average molecular weight is 767 g/mol. The first-order valence-corrected chi connectivity index (χ1v) is 20.5. The van der Waals surface area contributed by atoms with E-state index in [0.717, 1.165) is 58.8 Å². The van der Waals surface area contributed by atoms with Crippen LogP contribution in [0.5, 0.6) is 11.5 Å². The number of amides is 2. The topological polar surface area (TPSA) is 95.5 Å². The zero-order chi connectivity index (χ0) is 39.0. The van der Waals surface area contributed by atoms with Gasteiger partial charge >= 0.3 is 6.03 Å². The van der Waals surface area contributed by atoms with Crippen molar-refractivity contribution in [3.63, 3.8) is 0 Å². The van der Waals surface area contributed by atoms with Crippen LogP contribution < -0.4 is 15.4 Å². The van der Waals surface area contributed by atoms with Crippen LogP contribution in [0.1, 0.15) is 67.3 Å². The molecule has 3 N–H and O–H groups in total. The number of rotatable bonds is 13. The molecular formula is C48H54N4O5. The Hall–Kier alpha value is -5.03. The second-order valence-corrected chi connectivity index (χ2v) is 15.7. The van der Waals surface area contributed by atoms with Crippen LogP contribution in [-0.4, -0.2) is 65.8 Å². The minimum atomic E-state index is -0.510. The predicted molar refractivity (Wildman–Crippen MR) is 224 cm³/mol. The van der Waals surface area contributed by atoms with Crippen LogP contribution in [0.15, 0.2) is 127 Å². The van der Waals surface area contributed by atoms with Gasteiger partial charge in [0.1, 0.15) is 11.5 Å². The number of aliphatic hydroxyl groups excluding tert-OH is 1. The van der Waals surface area contributed by atoms with Crippen LogP contribution in [-0.2, 0) is 22.6 Å². The minimum Gasteiger partial charge on any atom is -0.457 e. The number of urea groups is 1. The van der Waals surface area contributed by atoms with E-state index in [1.54, 1.807) is 0 Å². The number of carbonyl (C=O) groups is 1. The first-order chi connectivity index (χ1) is 28.0. The third-order valence-electron chi connectivity index (χ3n) is 11.7.